The fraction of sp³-hybridized carbons (Fsp3) is 0.889. The molecule has 6 nitrogen and oxygen atoms in total. The van der Waals surface area contributed by atoms with Gasteiger partial charge in [-0.05, 0) is 25.7 Å². The Morgan fingerprint density at radius 1 is 1.44 bits per heavy atom. The first-order valence-electron chi connectivity index (χ1n) is 5.37. The first-order chi connectivity index (χ1) is 7.43. The van der Waals surface area contributed by atoms with Gasteiger partial charge in [0.2, 0.25) is 0 Å². The second kappa shape index (κ2) is 5.60. The van der Waals surface area contributed by atoms with E-state index >= 15 is 0 Å². The number of rotatable bonds is 4. The fourth-order valence-corrected chi connectivity index (χ4v) is 2.54. The molecule has 0 spiro atoms. The molecule has 0 aromatic heterocycles. The molecule has 1 aliphatic heterocycles. The van der Waals surface area contributed by atoms with Crippen LogP contribution >= 0.6 is 0 Å². The number of hydrogen-bond donors (Lipinski definition) is 1. The highest BCUT2D eigenvalue weighted by Gasteiger charge is 2.26. The minimum absolute atomic E-state index is 0.206. The molecule has 2 N–H and O–H groups in total. The summed E-state index contributed by atoms with van der Waals surface area (Å²) >= 11 is 0. The van der Waals surface area contributed by atoms with Crippen molar-refractivity contribution in [3.8, 4) is 0 Å². The quantitative estimate of drug-likeness (QED) is 0.703. The Kier molecular flexibility index (Phi) is 4.69. The van der Waals surface area contributed by atoms with Gasteiger partial charge in [-0.15, -0.1) is 0 Å². The standard InChI is InChI=1S/C9H18N2O4S/c1-2-15-9(12)7-8-3-5-11(6-4-8)16(10,13)14/h8H,2-7H2,1H3,(H2,10,13,14). The van der Waals surface area contributed by atoms with Gasteiger partial charge in [0.25, 0.3) is 10.2 Å². The molecule has 0 amide bonds. The Hall–Kier alpha value is -0.660. The second-order valence-corrected chi connectivity index (χ2v) is 5.44. The van der Waals surface area contributed by atoms with E-state index < -0.39 is 10.2 Å². The van der Waals surface area contributed by atoms with Gasteiger partial charge >= 0.3 is 5.97 Å². The van der Waals surface area contributed by atoms with Gasteiger partial charge < -0.3 is 4.74 Å². The topological polar surface area (TPSA) is 89.7 Å². The lowest BCUT2D eigenvalue weighted by molar-refractivity contribution is -0.144. The third-order valence-corrected chi connectivity index (χ3v) is 3.78. The highest BCUT2D eigenvalue weighted by atomic mass is 32.2. The predicted octanol–water partition coefficient (Wildman–Crippen LogP) is -0.145. The van der Waals surface area contributed by atoms with Crippen molar-refractivity contribution >= 4 is 16.2 Å². The summed E-state index contributed by atoms with van der Waals surface area (Å²) in [6, 6.07) is 0. The molecular formula is C9H18N2O4S. The zero-order valence-corrected chi connectivity index (χ0v) is 10.2. The Balaban J connectivity index is 2.35. The summed E-state index contributed by atoms with van der Waals surface area (Å²) in [5.41, 5.74) is 0. The number of esters is 1. The van der Waals surface area contributed by atoms with E-state index in [2.05, 4.69) is 0 Å². The van der Waals surface area contributed by atoms with E-state index in [4.69, 9.17) is 9.88 Å². The summed E-state index contributed by atoms with van der Waals surface area (Å²) in [7, 11) is -3.57. The lowest BCUT2D eigenvalue weighted by Crippen LogP contribution is -2.42. The van der Waals surface area contributed by atoms with Crippen LogP contribution < -0.4 is 5.14 Å². The molecule has 1 fully saturated rings. The first kappa shape index (κ1) is 13.4. The van der Waals surface area contributed by atoms with Gasteiger partial charge in [-0.3, -0.25) is 4.79 Å². The second-order valence-electron chi connectivity index (χ2n) is 3.90. The van der Waals surface area contributed by atoms with Crippen LogP contribution in [0.25, 0.3) is 0 Å². The monoisotopic (exact) mass is 250 g/mol. The van der Waals surface area contributed by atoms with Crippen molar-refractivity contribution < 1.29 is 17.9 Å². The van der Waals surface area contributed by atoms with E-state index in [0.717, 1.165) is 0 Å². The van der Waals surface area contributed by atoms with Crippen molar-refractivity contribution in [1.29, 1.82) is 0 Å². The van der Waals surface area contributed by atoms with Crippen molar-refractivity contribution in [3.05, 3.63) is 0 Å². The molecule has 94 valence electrons. The Morgan fingerprint density at radius 2 is 2.00 bits per heavy atom. The molecule has 1 aliphatic rings. The summed E-state index contributed by atoms with van der Waals surface area (Å²) in [5, 5.41) is 5.01. The molecule has 0 aromatic rings. The van der Waals surface area contributed by atoms with E-state index in [1.165, 1.54) is 4.31 Å². The maximum absolute atomic E-state index is 11.2. The zero-order valence-electron chi connectivity index (χ0n) is 9.39. The van der Waals surface area contributed by atoms with E-state index in [-0.39, 0.29) is 11.9 Å². The normalized spacial score (nSPS) is 19.6. The van der Waals surface area contributed by atoms with E-state index in [9.17, 15) is 13.2 Å². The maximum atomic E-state index is 11.2. The third kappa shape index (κ3) is 4.07. The summed E-state index contributed by atoms with van der Waals surface area (Å²) in [6.07, 6.45) is 1.69. The Labute approximate surface area is 95.9 Å². The van der Waals surface area contributed by atoms with Crippen LogP contribution in [0.2, 0.25) is 0 Å². The number of piperidine rings is 1. The SMILES string of the molecule is CCOC(=O)CC1CCN(S(N)(=O)=O)CC1. The minimum Gasteiger partial charge on any atom is -0.466 e. The lowest BCUT2D eigenvalue weighted by Gasteiger charge is -2.29. The molecule has 0 saturated carbocycles. The van der Waals surface area contributed by atoms with Crippen LogP contribution in [0.4, 0.5) is 0 Å². The maximum Gasteiger partial charge on any atom is 0.306 e. The van der Waals surface area contributed by atoms with Gasteiger partial charge in [0.15, 0.2) is 0 Å². The summed E-state index contributed by atoms with van der Waals surface area (Å²) in [6.45, 7) is 2.93. The molecule has 7 heteroatoms. The number of nitrogens with two attached hydrogens (primary N) is 1. The van der Waals surface area contributed by atoms with Crippen molar-refractivity contribution in [2.24, 2.45) is 11.1 Å². The first-order valence-corrected chi connectivity index (χ1v) is 6.87. The molecule has 0 radical (unpaired) electrons. The third-order valence-electron chi connectivity index (χ3n) is 2.69. The van der Waals surface area contributed by atoms with Crippen LogP contribution in [-0.2, 0) is 19.7 Å². The van der Waals surface area contributed by atoms with Crippen molar-refractivity contribution in [2.75, 3.05) is 19.7 Å². The van der Waals surface area contributed by atoms with Gasteiger partial charge in [0.1, 0.15) is 0 Å². The van der Waals surface area contributed by atoms with E-state index in [1.54, 1.807) is 6.92 Å². The highest BCUT2D eigenvalue weighted by molar-refractivity contribution is 7.86. The van der Waals surface area contributed by atoms with Crippen LogP contribution in [0.15, 0.2) is 0 Å². The summed E-state index contributed by atoms with van der Waals surface area (Å²) < 4.78 is 28.1. The fourth-order valence-electron chi connectivity index (χ4n) is 1.82. The van der Waals surface area contributed by atoms with E-state index in [0.29, 0.717) is 39.0 Å². The Morgan fingerprint density at radius 3 is 2.44 bits per heavy atom. The predicted molar refractivity (Wildman–Crippen MR) is 58.7 cm³/mol. The number of ether oxygens (including phenoxy) is 1. The van der Waals surface area contributed by atoms with Gasteiger partial charge in [-0.2, -0.15) is 12.7 Å². The molecular weight excluding hydrogens is 232 g/mol. The van der Waals surface area contributed by atoms with Crippen molar-refractivity contribution in [2.45, 2.75) is 26.2 Å². The molecule has 1 heterocycles. The largest absolute Gasteiger partial charge is 0.466 e. The van der Waals surface area contributed by atoms with Crippen LogP contribution in [-0.4, -0.2) is 38.4 Å². The average molecular weight is 250 g/mol. The molecule has 16 heavy (non-hydrogen) atoms. The minimum atomic E-state index is -3.57. The average Bonchev–Trinajstić information content (AvgIpc) is 2.17. The molecule has 0 aromatic carbocycles. The van der Waals surface area contributed by atoms with E-state index in [1.807, 2.05) is 0 Å². The molecule has 0 bridgehead atoms. The zero-order chi connectivity index (χ0) is 12.2. The van der Waals surface area contributed by atoms with Crippen LogP contribution in [0.5, 0.6) is 0 Å². The Bertz CT molecular complexity index is 333. The molecule has 0 unspecified atom stereocenters. The summed E-state index contributed by atoms with van der Waals surface area (Å²) in [5.74, 6) is -0.00592. The van der Waals surface area contributed by atoms with Gasteiger partial charge in [-0.1, -0.05) is 0 Å². The van der Waals surface area contributed by atoms with Crippen molar-refractivity contribution in [3.63, 3.8) is 0 Å². The highest BCUT2D eigenvalue weighted by Crippen LogP contribution is 2.21. The van der Waals surface area contributed by atoms with Gasteiger partial charge in [-0.25, -0.2) is 5.14 Å². The van der Waals surface area contributed by atoms with Gasteiger partial charge in [0, 0.05) is 19.5 Å². The molecule has 1 saturated heterocycles. The number of carbonyl (C=O) groups excluding carboxylic acids is 1. The van der Waals surface area contributed by atoms with Crippen LogP contribution in [0.1, 0.15) is 26.2 Å². The van der Waals surface area contributed by atoms with Crippen molar-refractivity contribution in [1.82, 2.24) is 4.31 Å². The van der Waals surface area contributed by atoms with Crippen LogP contribution in [0, 0.1) is 5.92 Å². The number of hydrogen-bond acceptors (Lipinski definition) is 4. The number of nitrogens with zero attached hydrogens (tertiary/aromatic N) is 1. The smallest absolute Gasteiger partial charge is 0.306 e. The molecule has 0 aliphatic carbocycles. The molecule has 0 atom stereocenters. The van der Waals surface area contributed by atoms with Gasteiger partial charge in [0.05, 0.1) is 6.61 Å². The summed E-state index contributed by atoms with van der Waals surface area (Å²) in [4.78, 5) is 11.2. The number of carbonyl (C=O) groups is 1. The molecule has 1 rings (SSSR count). The lowest BCUT2D eigenvalue weighted by atomic mass is 9.95. The van der Waals surface area contributed by atoms with Crippen LogP contribution in [0.3, 0.4) is 0 Å².